The van der Waals surface area contributed by atoms with E-state index in [1.54, 1.807) is 14.0 Å². The molecular weight excluding hydrogens is 220 g/mol. The summed E-state index contributed by atoms with van der Waals surface area (Å²) in [5.41, 5.74) is 1.24. The summed E-state index contributed by atoms with van der Waals surface area (Å²) in [4.78, 5) is 11.2. The summed E-state index contributed by atoms with van der Waals surface area (Å²) in [6, 6.07) is 8.06. The van der Waals surface area contributed by atoms with Crippen molar-refractivity contribution in [1.82, 2.24) is 0 Å². The van der Waals surface area contributed by atoms with E-state index in [-0.39, 0.29) is 5.12 Å². The first-order valence-electron chi connectivity index (χ1n) is 5.52. The van der Waals surface area contributed by atoms with E-state index in [1.807, 2.05) is 12.1 Å². The smallest absolute Gasteiger partial charge is 0.186 e. The molecule has 0 bridgehead atoms. The van der Waals surface area contributed by atoms with Crippen LogP contribution in [0.5, 0.6) is 5.75 Å². The first-order chi connectivity index (χ1) is 7.70. The van der Waals surface area contributed by atoms with Crippen LogP contribution < -0.4 is 4.74 Å². The maximum absolute atomic E-state index is 11.2. The highest BCUT2D eigenvalue weighted by Gasteiger charge is 2.33. The number of rotatable bonds is 4. The molecule has 1 unspecified atom stereocenters. The lowest BCUT2D eigenvalue weighted by Gasteiger charge is -2.14. The highest BCUT2D eigenvalue weighted by molar-refractivity contribution is 8.13. The van der Waals surface area contributed by atoms with Crippen LogP contribution in [0.15, 0.2) is 24.3 Å². The molecule has 0 amide bonds. The summed E-state index contributed by atoms with van der Waals surface area (Å²) in [6.07, 6.45) is 2.49. The number of carbonyl (C=O) groups is 1. The van der Waals surface area contributed by atoms with E-state index in [4.69, 9.17) is 4.74 Å². The number of hydrogen-bond donors (Lipinski definition) is 0. The van der Waals surface area contributed by atoms with Gasteiger partial charge < -0.3 is 4.74 Å². The van der Waals surface area contributed by atoms with Crippen LogP contribution in [0.2, 0.25) is 0 Å². The Hall–Kier alpha value is -0.960. The highest BCUT2D eigenvalue weighted by atomic mass is 32.2. The molecule has 0 saturated heterocycles. The second kappa shape index (κ2) is 4.91. The Morgan fingerprint density at radius 3 is 2.44 bits per heavy atom. The van der Waals surface area contributed by atoms with Gasteiger partial charge in [0, 0.05) is 12.2 Å². The molecule has 0 aromatic heterocycles. The zero-order chi connectivity index (χ0) is 11.5. The van der Waals surface area contributed by atoms with Crippen molar-refractivity contribution in [2.45, 2.75) is 25.0 Å². The number of carbonyl (C=O) groups excluding carboxylic acids is 1. The molecule has 2 nitrogen and oxygen atoms in total. The predicted molar refractivity (Wildman–Crippen MR) is 66.7 cm³/mol. The van der Waals surface area contributed by atoms with Crippen LogP contribution in [0.4, 0.5) is 0 Å². The second-order valence-corrected chi connectivity index (χ2v) is 5.46. The van der Waals surface area contributed by atoms with Crippen LogP contribution in [0, 0.1) is 5.92 Å². The third-order valence-corrected chi connectivity index (χ3v) is 4.03. The molecule has 1 saturated carbocycles. The summed E-state index contributed by atoms with van der Waals surface area (Å²) in [5, 5.41) is 0.538. The Morgan fingerprint density at radius 2 is 2.00 bits per heavy atom. The van der Waals surface area contributed by atoms with Crippen LogP contribution in [0.25, 0.3) is 0 Å². The standard InChI is InChI=1S/C13H16O2S/c1-9(14)16-13(10-3-4-10)11-5-7-12(15-2)8-6-11/h5-8,10,13H,3-4H2,1-2H3. The van der Waals surface area contributed by atoms with Gasteiger partial charge in [-0.2, -0.15) is 0 Å². The Kier molecular flexibility index (Phi) is 3.54. The van der Waals surface area contributed by atoms with Crippen molar-refractivity contribution in [1.29, 1.82) is 0 Å². The van der Waals surface area contributed by atoms with Crippen molar-refractivity contribution in [3.63, 3.8) is 0 Å². The van der Waals surface area contributed by atoms with E-state index >= 15 is 0 Å². The quantitative estimate of drug-likeness (QED) is 0.801. The summed E-state index contributed by atoms with van der Waals surface area (Å²) in [6.45, 7) is 1.64. The average Bonchev–Trinajstić information content (AvgIpc) is 3.10. The van der Waals surface area contributed by atoms with Gasteiger partial charge in [0.2, 0.25) is 0 Å². The fourth-order valence-corrected chi connectivity index (χ4v) is 2.92. The molecule has 1 fully saturated rings. The lowest BCUT2D eigenvalue weighted by atomic mass is 10.1. The number of hydrogen-bond acceptors (Lipinski definition) is 3. The number of methoxy groups -OCH3 is 1. The van der Waals surface area contributed by atoms with Gasteiger partial charge in [0.15, 0.2) is 5.12 Å². The third kappa shape index (κ3) is 2.79. The molecule has 86 valence electrons. The summed E-state index contributed by atoms with van der Waals surface area (Å²) in [5.74, 6) is 1.55. The molecule has 3 heteroatoms. The molecule has 1 atom stereocenters. The molecule has 1 aromatic carbocycles. The van der Waals surface area contributed by atoms with Crippen LogP contribution in [-0.2, 0) is 4.79 Å². The first kappa shape index (κ1) is 11.5. The molecule has 0 N–H and O–H groups in total. The van der Waals surface area contributed by atoms with Gasteiger partial charge in [0.05, 0.1) is 7.11 Å². The van der Waals surface area contributed by atoms with Crippen molar-refractivity contribution in [3.8, 4) is 5.75 Å². The monoisotopic (exact) mass is 236 g/mol. The minimum Gasteiger partial charge on any atom is -0.497 e. The van der Waals surface area contributed by atoms with Gasteiger partial charge in [0.25, 0.3) is 0 Å². The summed E-state index contributed by atoms with van der Waals surface area (Å²) < 4.78 is 5.13. The normalized spacial score (nSPS) is 16.9. The van der Waals surface area contributed by atoms with Crippen molar-refractivity contribution in [2.24, 2.45) is 5.92 Å². The van der Waals surface area contributed by atoms with Crippen LogP contribution in [-0.4, -0.2) is 12.2 Å². The number of benzene rings is 1. The fraction of sp³-hybridized carbons (Fsp3) is 0.462. The number of ether oxygens (including phenoxy) is 1. The van der Waals surface area contributed by atoms with Crippen LogP contribution in [0.3, 0.4) is 0 Å². The van der Waals surface area contributed by atoms with Gasteiger partial charge >= 0.3 is 0 Å². The lowest BCUT2D eigenvalue weighted by molar-refractivity contribution is -0.109. The van der Waals surface area contributed by atoms with Gasteiger partial charge in [-0.15, -0.1) is 0 Å². The Balaban J connectivity index is 2.14. The summed E-state index contributed by atoms with van der Waals surface area (Å²) >= 11 is 1.46. The maximum Gasteiger partial charge on any atom is 0.186 e. The van der Waals surface area contributed by atoms with E-state index in [9.17, 15) is 4.79 Å². The minimum absolute atomic E-state index is 0.202. The summed E-state index contributed by atoms with van der Waals surface area (Å²) in [7, 11) is 1.66. The van der Waals surface area contributed by atoms with Gasteiger partial charge in [-0.25, -0.2) is 0 Å². The molecule has 2 rings (SSSR count). The van der Waals surface area contributed by atoms with E-state index in [0.717, 1.165) is 5.75 Å². The molecular formula is C13H16O2S. The maximum atomic E-state index is 11.2. The second-order valence-electron chi connectivity index (χ2n) is 4.14. The largest absolute Gasteiger partial charge is 0.497 e. The van der Waals surface area contributed by atoms with E-state index in [2.05, 4.69) is 12.1 Å². The van der Waals surface area contributed by atoms with Gasteiger partial charge in [-0.3, -0.25) is 4.79 Å². The van der Waals surface area contributed by atoms with Gasteiger partial charge in [-0.1, -0.05) is 23.9 Å². The molecule has 1 aromatic rings. The van der Waals surface area contributed by atoms with Crippen molar-refractivity contribution in [3.05, 3.63) is 29.8 Å². The third-order valence-electron chi connectivity index (χ3n) is 2.79. The molecule has 1 aliphatic rings. The van der Waals surface area contributed by atoms with E-state index in [1.165, 1.54) is 30.2 Å². The fourth-order valence-electron chi connectivity index (χ4n) is 1.81. The Bertz CT molecular complexity index is 368. The molecule has 0 radical (unpaired) electrons. The van der Waals surface area contributed by atoms with E-state index < -0.39 is 0 Å². The molecule has 0 aliphatic heterocycles. The van der Waals surface area contributed by atoms with Crippen molar-refractivity contribution < 1.29 is 9.53 Å². The zero-order valence-electron chi connectivity index (χ0n) is 9.60. The first-order valence-corrected chi connectivity index (χ1v) is 6.40. The molecule has 16 heavy (non-hydrogen) atoms. The molecule has 0 heterocycles. The van der Waals surface area contributed by atoms with Gasteiger partial charge in [-0.05, 0) is 36.5 Å². The molecule has 0 spiro atoms. The average molecular weight is 236 g/mol. The minimum atomic E-state index is 0.202. The van der Waals surface area contributed by atoms with E-state index in [0.29, 0.717) is 11.2 Å². The number of thioether (sulfide) groups is 1. The Morgan fingerprint density at radius 1 is 1.38 bits per heavy atom. The van der Waals surface area contributed by atoms with Crippen molar-refractivity contribution >= 4 is 16.9 Å². The van der Waals surface area contributed by atoms with Crippen LogP contribution in [0.1, 0.15) is 30.6 Å². The topological polar surface area (TPSA) is 26.3 Å². The van der Waals surface area contributed by atoms with Crippen molar-refractivity contribution in [2.75, 3.05) is 7.11 Å². The zero-order valence-corrected chi connectivity index (χ0v) is 10.4. The lowest BCUT2D eigenvalue weighted by Crippen LogP contribution is -1.99. The SMILES string of the molecule is COc1ccc(C(SC(C)=O)C2CC2)cc1. The highest BCUT2D eigenvalue weighted by Crippen LogP contribution is 2.49. The van der Waals surface area contributed by atoms with Gasteiger partial charge in [0.1, 0.15) is 5.75 Å². The predicted octanol–water partition coefficient (Wildman–Crippen LogP) is 3.43. The van der Waals surface area contributed by atoms with Crippen LogP contribution >= 0.6 is 11.8 Å². The Labute approximate surface area is 100 Å². The molecule has 1 aliphatic carbocycles.